The molecule has 4 rings (SSSR count). The fourth-order valence-corrected chi connectivity index (χ4v) is 4.70. The molecule has 0 spiro atoms. The van der Waals surface area contributed by atoms with Crippen molar-refractivity contribution in [1.29, 1.82) is 0 Å². The summed E-state index contributed by atoms with van der Waals surface area (Å²) in [6.07, 6.45) is 7.18. The van der Waals surface area contributed by atoms with Crippen LogP contribution in [0.4, 0.5) is 0 Å². The van der Waals surface area contributed by atoms with Crippen LogP contribution in [0.2, 0.25) is 0 Å². The number of aliphatic hydroxyl groups is 1. The number of hydrogen-bond donors (Lipinski definition) is 1. The van der Waals surface area contributed by atoms with Gasteiger partial charge in [0.2, 0.25) is 0 Å². The summed E-state index contributed by atoms with van der Waals surface area (Å²) in [5.41, 5.74) is 6.19. The Morgan fingerprint density at radius 2 is 1.75 bits per heavy atom. The molecule has 0 saturated heterocycles. The first kappa shape index (κ1) is 22.3. The van der Waals surface area contributed by atoms with Crippen molar-refractivity contribution in [2.24, 2.45) is 0 Å². The summed E-state index contributed by atoms with van der Waals surface area (Å²) >= 11 is 0. The van der Waals surface area contributed by atoms with Crippen molar-refractivity contribution < 1.29 is 14.6 Å². The third kappa shape index (κ3) is 5.11. The summed E-state index contributed by atoms with van der Waals surface area (Å²) in [6, 6.07) is 19.4. The predicted molar refractivity (Wildman–Crippen MR) is 131 cm³/mol. The van der Waals surface area contributed by atoms with Crippen molar-refractivity contribution in [3.63, 3.8) is 0 Å². The molecule has 0 amide bonds. The zero-order valence-corrected chi connectivity index (χ0v) is 18.9. The Labute approximate surface area is 190 Å². The maximum absolute atomic E-state index is 11.9. The van der Waals surface area contributed by atoms with Crippen molar-refractivity contribution in [3.8, 4) is 11.1 Å². The molecular weight excluding hydrogens is 396 g/mol. The van der Waals surface area contributed by atoms with E-state index in [2.05, 4.69) is 36.9 Å². The number of benzene rings is 3. The Kier molecular flexibility index (Phi) is 7.06. The summed E-state index contributed by atoms with van der Waals surface area (Å²) in [7, 11) is 0. The number of ether oxygens (including phenoxy) is 1. The van der Waals surface area contributed by atoms with Gasteiger partial charge in [-0.15, -0.1) is 0 Å². The van der Waals surface area contributed by atoms with Gasteiger partial charge in [0.15, 0.2) is 0 Å². The molecule has 1 N–H and O–H groups in total. The molecule has 0 atom stereocenters. The zero-order chi connectivity index (χ0) is 22.5. The van der Waals surface area contributed by atoms with E-state index in [1.54, 1.807) is 6.92 Å². The molecule has 0 unspecified atom stereocenters. The Morgan fingerprint density at radius 3 is 2.44 bits per heavy atom. The predicted octanol–water partition coefficient (Wildman–Crippen LogP) is 6.71. The van der Waals surface area contributed by atoms with E-state index in [1.807, 2.05) is 24.3 Å². The van der Waals surface area contributed by atoms with Gasteiger partial charge in [0.25, 0.3) is 0 Å². The van der Waals surface area contributed by atoms with Crippen molar-refractivity contribution in [2.45, 2.75) is 58.0 Å². The molecule has 0 aromatic heterocycles. The second-order valence-electron chi connectivity index (χ2n) is 8.97. The molecule has 1 aliphatic rings. The Hall–Kier alpha value is -2.91. The SMILES string of the molecule is C=C(C)C(=O)OCCc1cc(-c2ccc(CO)cc2)cc2ccc(C3CCCCC3)cc12. The largest absolute Gasteiger partial charge is 0.462 e. The lowest BCUT2D eigenvalue weighted by molar-refractivity contribution is -0.138. The Balaban J connectivity index is 1.70. The minimum absolute atomic E-state index is 0.0429. The summed E-state index contributed by atoms with van der Waals surface area (Å²) in [6.45, 7) is 5.72. The van der Waals surface area contributed by atoms with Gasteiger partial charge in [0, 0.05) is 12.0 Å². The van der Waals surface area contributed by atoms with Crippen LogP contribution in [0, 0.1) is 0 Å². The van der Waals surface area contributed by atoms with E-state index in [0.29, 0.717) is 24.5 Å². The smallest absolute Gasteiger partial charge is 0.333 e. The molecule has 166 valence electrons. The number of rotatable bonds is 7. The molecule has 1 saturated carbocycles. The van der Waals surface area contributed by atoms with E-state index in [4.69, 9.17) is 4.74 Å². The highest BCUT2D eigenvalue weighted by molar-refractivity contribution is 5.91. The molecule has 32 heavy (non-hydrogen) atoms. The molecule has 3 aromatic rings. The van der Waals surface area contributed by atoms with Crippen molar-refractivity contribution in [2.75, 3.05) is 6.61 Å². The first-order chi connectivity index (χ1) is 15.5. The van der Waals surface area contributed by atoms with Crippen molar-refractivity contribution in [1.82, 2.24) is 0 Å². The maximum atomic E-state index is 11.9. The highest BCUT2D eigenvalue weighted by Crippen LogP contribution is 2.36. The fraction of sp³-hybridized carbons (Fsp3) is 0.345. The maximum Gasteiger partial charge on any atom is 0.333 e. The van der Waals surface area contributed by atoms with Gasteiger partial charge < -0.3 is 9.84 Å². The van der Waals surface area contributed by atoms with E-state index in [1.165, 1.54) is 54.0 Å². The van der Waals surface area contributed by atoms with E-state index in [9.17, 15) is 9.90 Å². The quantitative estimate of drug-likeness (QED) is 0.336. The topological polar surface area (TPSA) is 46.5 Å². The van der Waals surface area contributed by atoms with Gasteiger partial charge in [0.05, 0.1) is 13.2 Å². The van der Waals surface area contributed by atoms with Gasteiger partial charge >= 0.3 is 5.97 Å². The third-order valence-electron chi connectivity index (χ3n) is 6.56. The lowest BCUT2D eigenvalue weighted by atomic mass is 9.83. The Morgan fingerprint density at radius 1 is 1.00 bits per heavy atom. The molecule has 0 radical (unpaired) electrons. The minimum Gasteiger partial charge on any atom is -0.462 e. The summed E-state index contributed by atoms with van der Waals surface area (Å²) in [4.78, 5) is 11.9. The van der Waals surface area contributed by atoms with Crippen LogP contribution >= 0.6 is 0 Å². The molecule has 3 nitrogen and oxygen atoms in total. The number of esters is 1. The standard InChI is InChI=1S/C29H32O3/c1-20(2)29(31)32-15-14-26-17-27(23-10-8-21(19-30)9-11-23)16-25-13-12-24(18-28(25)26)22-6-4-3-5-7-22/h8-13,16-18,22,30H,1,3-7,14-15,19H2,2H3. The minimum atomic E-state index is -0.340. The number of carbonyl (C=O) groups excluding carboxylic acids is 1. The van der Waals surface area contributed by atoms with E-state index in [-0.39, 0.29) is 12.6 Å². The average Bonchev–Trinajstić information content (AvgIpc) is 2.84. The number of carbonyl (C=O) groups is 1. The lowest BCUT2D eigenvalue weighted by Crippen LogP contribution is -2.08. The van der Waals surface area contributed by atoms with Crippen LogP contribution < -0.4 is 0 Å². The number of fused-ring (bicyclic) bond motifs is 1. The molecule has 1 aliphatic carbocycles. The van der Waals surface area contributed by atoms with Crippen LogP contribution in [0.15, 0.2) is 66.7 Å². The van der Waals surface area contributed by atoms with Crippen LogP contribution in [0.25, 0.3) is 21.9 Å². The van der Waals surface area contributed by atoms with Crippen LogP contribution in [-0.2, 0) is 22.6 Å². The third-order valence-corrected chi connectivity index (χ3v) is 6.56. The number of aliphatic hydroxyl groups excluding tert-OH is 1. The summed E-state index contributed by atoms with van der Waals surface area (Å²) in [5, 5.41) is 11.8. The van der Waals surface area contributed by atoms with Gasteiger partial charge in [0.1, 0.15) is 0 Å². The molecule has 0 bridgehead atoms. The van der Waals surface area contributed by atoms with Gasteiger partial charge in [-0.05, 0) is 70.3 Å². The molecular formula is C29H32O3. The normalized spacial score (nSPS) is 14.4. The molecule has 1 fully saturated rings. The van der Waals surface area contributed by atoms with Gasteiger partial charge in [-0.3, -0.25) is 0 Å². The van der Waals surface area contributed by atoms with Crippen molar-refractivity contribution in [3.05, 3.63) is 83.4 Å². The molecule has 0 heterocycles. The van der Waals surface area contributed by atoms with Crippen LogP contribution in [0.5, 0.6) is 0 Å². The fourth-order valence-electron chi connectivity index (χ4n) is 4.70. The summed E-state index contributed by atoms with van der Waals surface area (Å²) in [5.74, 6) is 0.306. The highest BCUT2D eigenvalue weighted by Gasteiger charge is 2.17. The van der Waals surface area contributed by atoms with E-state index in [0.717, 1.165) is 16.7 Å². The first-order valence-electron chi connectivity index (χ1n) is 11.6. The average molecular weight is 429 g/mol. The second-order valence-corrected chi connectivity index (χ2v) is 8.97. The van der Waals surface area contributed by atoms with Crippen LogP contribution in [0.3, 0.4) is 0 Å². The van der Waals surface area contributed by atoms with E-state index < -0.39 is 0 Å². The van der Waals surface area contributed by atoms with Gasteiger partial charge in [-0.25, -0.2) is 4.79 Å². The molecule has 3 aromatic carbocycles. The van der Waals surface area contributed by atoms with Crippen LogP contribution in [-0.4, -0.2) is 17.7 Å². The van der Waals surface area contributed by atoms with Crippen molar-refractivity contribution >= 4 is 16.7 Å². The monoisotopic (exact) mass is 428 g/mol. The lowest BCUT2D eigenvalue weighted by Gasteiger charge is -2.23. The number of hydrogen-bond acceptors (Lipinski definition) is 3. The molecule has 0 aliphatic heterocycles. The molecule has 3 heteroatoms. The second kappa shape index (κ2) is 10.1. The highest BCUT2D eigenvalue weighted by atomic mass is 16.5. The van der Waals surface area contributed by atoms with Crippen LogP contribution in [0.1, 0.15) is 61.6 Å². The zero-order valence-electron chi connectivity index (χ0n) is 18.9. The first-order valence-corrected chi connectivity index (χ1v) is 11.6. The van der Waals surface area contributed by atoms with E-state index >= 15 is 0 Å². The summed E-state index contributed by atoms with van der Waals surface area (Å²) < 4.78 is 5.41. The Bertz CT molecular complexity index is 1110. The van der Waals surface area contributed by atoms with Gasteiger partial charge in [-0.1, -0.05) is 74.4 Å². The van der Waals surface area contributed by atoms with Gasteiger partial charge in [-0.2, -0.15) is 0 Å².